The molecule has 1 heterocycles. The molecule has 3 nitrogen and oxygen atoms in total. The second-order valence-corrected chi connectivity index (χ2v) is 5.29. The Labute approximate surface area is 119 Å². The fourth-order valence-corrected chi connectivity index (χ4v) is 2.52. The van der Waals surface area contributed by atoms with Gasteiger partial charge in [-0.15, -0.1) is 11.3 Å². The molecule has 0 spiro atoms. The molecule has 0 aliphatic carbocycles. The predicted molar refractivity (Wildman–Crippen MR) is 74.3 cm³/mol. The zero-order valence-electron chi connectivity index (χ0n) is 10.6. The topological polar surface area (TPSA) is 55.1 Å². The van der Waals surface area contributed by atoms with Gasteiger partial charge in [-0.1, -0.05) is 6.07 Å². The number of thiophene rings is 1. The summed E-state index contributed by atoms with van der Waals surface area (Å²) >= 11 is 1.41. The number of carbonyl (C=O) groups is 1. The number of rotatable bonds is 5. The van der Waals surface area contributed by atoms with Crippen molar-refractivity contribution in [3.8, 4) is 0 Å². The van der Waals surface area contributed by atoms with E-state index in [2.05, 4.69) is 5.32 Å². The minimum absolute atomic E-state index is 0.279. The highest BCUT2D eigenvalue weighted by Crippen LogP contribution is 2.16. The Morgan fingerprint density at radius 1 is 1.30 bits per heavy atom. The van der Waals surface area contributed by atoms with Crippen molar-refractivity contribution in [2.24, 2.45) is 5.73 Å². The van der Waals surface area contributed by atoms with Crippen LogP contribution in [-0.2, 0) is 11.2 Å². The third kappa shape index (κ3) is 3.85. The zero-order chi connectivity index (χ0) is 14.5. The van der Waals surface area contributed by atoms with E-state index in [0.29, 0.717) is 12.0 Å². The second kappa shape index (κ2) is 6.58. The van der Waals surface area contributed by atoms with Gasteiger partial charge in [-0.05, 0) is 35.6 Å². The van der Waals surface area contributed by atoms with Gasteiger partial charge in [-0.3, -0.25) is 4.79 Å². The molecule has 1 unspecified atom stereocenters. The van der Waals surface area contributed by atoms with E-state index in [1.165, 1.54) is 23.5 Å². The standard InChI is InChI=1S/C14H14F2N2OS/c15-10-6-9(7-11(16)8-10)3-4-18-14(19)13(17)12-2-1-5-20-12/h1-2,5-8,13H,3-4,17H2,(H,18,19). The molecule has 0 aliphatic rings. The van der Waals surface area contributed by atoms with Crippen LogP contribution < -0.4 is 11.1 Å². The molecule has 0 saturated heterocycles. The first-order valence-electron chi connectivity index (χ1n) is 6.08. The number of benzene rings is 1. The largest absolute Gasteiger partial charge is 0.354 e. The molecule has 0 aliphatic heterocycles. The van der Waals surface area contributed by atoms with Crippen LogP contribution in [0.2, 0.25) is 0 Å². The van der Waals surface area contributed by atoms with Gasteiger partial charge in [-0.25, -0.2) is 8.78 Å². The SMILES string of the molecule is NC(C(=O)NCCc1cc(F)cc(F)c1)c1cccs1. The molecule has 1 aromatic carbocycles. The third-order valence-electron chi connectivity index (χ3n) is 2.77. The fraction of sp³-hybridized carbons (Fsp3) is 0.214. The molecule has 1 amide bonds. The first kappa shape index (κ1) is 14.6. The molecule has 2 aromatic rings. The van der Waals surface area contributed by atoms with E-state index >= 15 is 0 Å². The van der Waals surface area contributed by atoms with Crippen molar-refractivity contribution >= 4 is 17.2 Å². The molecule has 1 aromatic heterocycles. The highest BCUT2D eigenvalue weighted by atomic mass is 32.1. The molecule has 0 radical (unpaired) electrons. The summed E-state index contributed by atoms with van der Waals surface area (Å²) in [5.41, 5.74) is 6.28. The first-order chi connectivity index (χ1) is 9.56. The molecule has 6 heteroatoms. The van der Waals surface area contributed by atoms with Crippen molar-refractivity contribution in [3.63, 3.8) is 0 Å². The van der Waals surface area contributed by atoms with Crippen LogP contribution in [0, 0.1) is 11.6 Å². The Bertz CT molecular complexity index is 567. The number of carbonyl (C=O) groups excluding carboxylic acids is 1. The maximum absolute atomic E-state index is 13.0. The molecule has 0 saturated carbocycles. The van der Waals surface area contributed by atoms with E-state index in [4.69, 9.17) is 5.73 Å². The maximum Gasteiger partial charge on any atom is 0.242 e. The van der Waals surface area contributed by atoms with Gasteiger partial charge in [0.15, 0.2) is 0 Å². The summed E-state index contributed by atoms with van der Waals surface area (Å²) in [4.78, 5) is 12.6. The highest BCUT2D eigenvalue weighted by Gasteiger charge is 2.15. The lowest BCUT2D eigenvalue weighted by Gasteiger charge is -2.10. The van der Waals surface area contributed by atoms with E-state index < -0.39 is 17.7 Å². The van der Waals surface area contributed by atoms with Crippen molar-refractivity contribution in [1.29, 1.82) is 0 Å². The van der Waals surface area contributed by atoms with E-state index in [1.807, 2.05) is 11.4 Å². The first-order valence-corrected chi connectivity index (χ1v) is 6.96. The molecular formula is C14H14F2N2OS. The summed E-state index contributed by atoms with van der Waals surface area (Å²) < 4.78 is 26.0. The van der Waals surface area contributed by atoms with Crippen LogP contribution in [0.15, 0.2) is 35.7 Å². The lowest BCUT2D eigenvalue weighted by molar-refractivity contribution is -0.122. The van der Waals surface area contributed by atoms with Crippen molar-refractivity contribution < 1.29 is 13.6 Å². The van der Waals surface area contributed by atoms with Crippen molar-refractivity contribution in [1.82, 2.24) is 5.32 Å². The summed E-state index contributed by atoms with van der Waals surface area (Å²) in [5, 5.41) is 4.50. The summed E-state index contributed by atoms with van der Waals surface area (Å²) in [6, 6.07) is 6.20. The van der Waals surface area contributed by atoms with Crippen LogP contribution in [0.3, 0.4) is 0 Å². The molecule has 2 rings (SSSR count). The number of hydrogen-bond acceptors (Lipinski definition) is 3. The summed E-state index contributed by atoms with van der Waals surface area (Å²) in [6.45, 7) is 0.279. The highest BCUT2D eigenvalue weighted by molar-refractivity contribution is 7.10. The molecule has 0 fully saturated rings. The minimum atomic E-state index is -0.709. The lowest BCUT2D eigenvalue weighted by Crippen LogP contribution is -2.34. The van der Waals surface area contributed by atoms with E-state index in [-0.39, 0.29) is 12.5 Å². The van der Waals surface area contributed by atoms with Crippen LogP contribution in [0.1, 0.15) is 16.5 Å². The Kier molecular flexibility index (Phi) is 4.81. The minimum Gasteiger partial charge on any atom is -0.354 e. The average molecular weight is 296 g/mol. The number of halogens is 2. The monoisotopic (exact) mass is 296 g/mol. The van der Waals surface area contributed by atoms with Crippen LogP contribution in [-0.4, -0.2) is 12.5 Å². The molecule has 20 heavy (non-hydrogen) atoms. The molecule has 3 N–H and O–H groups in total. The van der Waals surface area contributed by atoms with Gasteiger partial charge >= 0.3 is 0 Å². The van der Waals surface area contributed by atoms with E-state index in [9.17, 15) is 13.6 Å². The fourth-order valence-electron chi connectivity index (χ4n) is 1.79. The van der Waals surface area contributed by atoms with Crippen molar-refractivity contribution in [2.75, 3.05) is 6.54 Å². The third-order valence-corrected chi connectivity index (χ3v) is 3.72. The van der Waals surface area contributed by atoms with Crippen LogP contribution in [0.5, 0.6) is 0 Å². The van der Waals surface area contributed by atoms with Gasteiger partial charge < -0.3 is 11.1 Å². The zero-order valence-corrected chi connectivity index (χ0v) is 11.4. The Hall–Kier alpha value is -1.79. The smallest absolute Gasteiger partial charge is 0.242 e. The Balaban J connectivity index is 1.85. The van der Waals surface area contributed by atoms with Gasteiger partial charge in [0.05, 0.1) is 0 Å². The maximum atomic E-state index is 13.0. The van der Waals surface area contributed by atoms with Gasteiger partial charge in [0.1, 0.15) is 17.7 Å². The number of nitrogens with one attached hydrogen (secondary N) is 1. The summed E-state index contributed by atoms with van der Waals surface area (Å²) in [6.07, 6.45) is 0.345. The number of amides is 1. The number of nitrogens with two attached hydrogens (primary N) is 1. The average Bonchev–Trinajstić information content (AvgIpc) is 2.90. The van der Waals surface area contributed by atoms with Crippen molar-refractivity contribution in [3.05, 3.63) is 57.8 Å². The predicted octanol–water partition coefficient (Wildman–Crippen LogP) is 2.39. The second-order valence-electron chi connectivity index (χ2n) is 4.31. The molecule has 1 atom stereocenters. The summed E-state index contributed by atoms with van der Waals surface area (Å²) in [5.74, 6) is -1.55. The Morgan fingerprint density at radius 3 is 2.60 bits per heavy atom. The van der Waals surface area contributed by atoms with E-state index in [0.717, 1.165) is 10.9 Å². The van der Waals surface area contributed by atoms with Crippen LogP contribution >= 0.6 is 11.3 Å². The van der Waals surface area contributed by atoms with Gasteiger partial charge in [0.2, 0.25) is 5.91 Å². The van der Waals surface area contributed by atoms with Crippen LogP contribution in [0.4, 0.5) is 8.78 Å². The summed E-state index contributed by atoms with van der Waals surface area (Å²) in [7, 11) is 0. The molecule has 106 valence electrons. The Morgan fingerprint density at radius 2 is 2.00 bits per heavy atom. The molecule has 0 bridgehead atoms. The van der Waals surface area contributed by atoms with Gasteiger partial charge in [-0.2, -0.15) is 0 Å². The van der Waals surface area contributed by atoms with E-state index in [1.54, 1.807) is 6.07 Å². The number of hydrogen-bond donors (Lipinski definition) is 2. The van der Waals surface area contributed by atoms with Gasteiger partial charge in [0.25, 0.3) is 0 Å². The normalized spacial score (nSPS) is 12.2. The lowest BCUT2D eigenvalue weighted by atomic mass is 10.1. The van der Waals surface area contributed by atoms with Crippen LogP contribution in [0.25, 0.3) is 0 Å². The quantitative estimate of drug-likeness (QED) is 0.890. The van der Waals surface area contributed by atoms with Gasteiger partial charge in [0, 0.05) is 17.5 Å². The molecular weight excluding hydrogens is 282 g/mol. The van der Waals surface area contributed by atoms with Crippen molar-refractivity contribution in [2.45, 2.75) is 12.5 Å².